The van der Waals surface area contributed by atoms with Crippen LogP contribution in [0.25, 0.3) is 0 Å². The number of aromatic nitrogens is 4. The highest BCUT2D eigenvalue weighted by molar-refractivity contribution is 5.38. The van der Waals surface area contributed by atoms with Gasteiger partial charge in [0.2, 0.25) is 5.95 Å². The molecule has 0 aromatic carbocycles. The van der Waals surface area contributed by atoms with Crippen molar-refractivity contribution in [3.05, 3.63) is 36.3 Å². The number of likely N-dealkylation sites (N-methyl/N-ethyl adjacent to an activating group) is 1. The van der Waals surface area contributed by atoms with Crippen molar-refractivity contribution in [3.8, 4) is 0 Å². The molecule has 0 saturated carbocycles. The number of anilines is 2. The second kappa shape index (κ2) is 8.26. The third kappa shape index (κ3) is 5.27. The number of rotatable bonds is 8. The van der Waals surface area contributed by atoms with Crippen LogP contribution >= 0.6 is 0 Å². The van der Waals surface area contributed by atoms with E-state index in [1.54, 1.807) is 6.20 Å². The Balaban J connectivity index is 1.88. The maximum absolute atomic E-state index is 4.51. The Kier molecular flexibility index (Phi) is 6.06. The van der Waals surface area contributed by atoms with Crippen LogP contribution in [-0.2, 0) is 6.42 Å². The molecule has 0 spiro atoms. The SMILES string of the molecule is CC(C)CCNc1cnnc(N(C)CCc2ccncc2)n1. The van der Waals surface area contributed by atoms with E-state index in [9.17, 15) is 0 Å². The Bertz CT molecular complexity index is 558. The van der Waals surface area contributed by atoms with Gasteiger partial charge >= 0.3 is 0 Å². The summed E-state index contributed by atoms with van der Waals surface area (Å²) in [7, 11) is 1.98. The van der Waals surface area contributed by atoms with Gasteiger partial charge in [-0.05, 0) is 36.5 Å². The lowest BCUT2D eigenvalue weighted by Crippen LogP contribution is -2.23. The summed E-state index contributed by atoms with van der Waals surface area (Å²) in [6.07, 6.45) is 7.32. The van der Waals surface area contributed by atoms with E-state index in [1.807, 2.05) is 36.5 Å². The van der Waals surface area contributed by atoms with Gasteiger partial charge in [0.15, 0.2) is 5.82 Å². The molecule has 0 atom stereocenters. The predicted molar refractivity (Wildman–Crippen MR) is 89.0 cm³/mol. The molecule has 2 heterocycles. The summed E-state index contributed by atoms with van der Waals surface area (Å²) < 4.78 is 0. The zero-order valence-electron chi connectivity index (χ0n) is 13.5. The number of hydrogen-bond acceptors (Lipinski definition) is 6. The summed E-state index contributed by atoms with van der Waals surface area (Å²) in [5, 5.41) is 11.4. The van der Waals surface area contributed by atoms with Crippen LogP contribution in [0.4, 0.5) is 11.8 Å². The lowest BCUT2D eigenvalue weighted by atomic mass is 10.1. The molecular weight excluding hydrogens is 276 g/mol. The summed E-state index contributed by atoms with van der Waals surface area (Å²) >= 11 is 0. The first-order valence-electron chi connectivity index (χ1n) is 7.69. The molecule has 0 unspecified atom stereocenters. The lowest BCUT2D eigenvalue weighted by Gasteiger charge is -2.17. The van der Waals surface area contributed by atoms with E-state index in [-0.39, 0.29) is 0 Å². The largest absolute Gasteiger partial charge is 0.369 e. The number of nitrogens with one attached hydrogen (secondary N) is 1. The quantitative estimate of drug-likeness (QED) is 0.807. The highest BCUT2D eigenvalue weighted by Crippen LogP contribution is 2.09. The van der Waals surface area contributed by atoms with Gasteiger partial charge in [-0.1, -0.05) is 13.8 Å². The van der Waals surface area contributed by atoms with E-state index in [4.69, 9.17) is 0 Å². The molecule has 0 bridgehead atoms. The maximum Gasteiger partial charge on any atom is 0.247 e. The van der Waals surface area contributed by atoms with Crippen LogP contribution in [0.2, 0.25) is 0 Å². The van der Waals surface area contributed by atoms with E-state index in [0.717, 1.165) is 31.7 Å². The van der Waals surface area contributed by atoms with Crippen molar-refractivity contribution in [3.63, 3.8) is 0 Å². The first-order chi connectivity index (χ1) is 10.6. The molecule has 0 aliphatic carbocycles. The molecular formula is C16H24N6. The highest BCUT2D eigenvalue weighted by Gasteiger charge is 2.07. The second-order valence-electron chi connectivity index (χ2n) is 5.78. The minimum absolute atomic E-state index is 0.642. The van der Waals surface area contributed by atoms with Crippen LogP contribution in [0, 0.1) is 5.92 Å². The lowest BCUT2D eigenvalue weighted by molar-refractivity contribution is 0.606. The Morgan fingerprint density at radius 2 is 2.00 bits per heavy atom. The zero-order valence-corrected chi connectivity index (χ0v) is 13.5. The molecule has 2 aromatic heterocycles. The molecule has 2 aromatic rings. The Labute approximate surface area is 132 Å². The first-order valence-corrected chi connectivity index (χ1v) is 7.69. The van der Waals surface area contributed by atoms with Gasteiger partial charge < -0.3 is 10.2 Å². The van der Waals surface area contributed by atoms with Crippen molar-refractivity contribution in [2.24, 2.45) is 5.92 Å². The van der Waals surface area contributed by atoms with E-state index in [0.29, 0.717) is 11.9 Å². The maximum atomic E-state index is 4.51. The van der Waals surface area contributed by atoms with Gasteiger partial charge in [-0.3, -0.25) is 4.98 Å². The molecule has 0 aliphatic rings. The molecule has 0 aliphatic heterocycles. The van der Waals surface area contributed by atoms with Crippen molar-refractivity contribution in [1.82, 2.24) is 20.2 Å². The van der Waals surface area contributed by atoms with E-state index in [1.165, 1.54) is 5.56 Å². The van der Waals surface area contributed by atoms with Crippen LogP contribution in [0.15, 0.2) is 30.7 Å². The molecule has 22 heavy (non-hydrogen) atoms. The second-order valence-corrected chi connectivity index (χ2v) is 5.78. The van der Waals surface area contributed by atoms with E-state index >= 15 is 0 Å². The summed E-state index contributed by atoms with van der Waals surface area (Å²) in [6.45, 7) is 6.15. The van der Waals surface area contributed by atoms with Gasteiger partial charge in [-0.15, -0.1) is 5.10 Å². The van der Waals surface area contributed by atoms with Crippen LogP contribution in [0.5, 0.6) is 0 Å². The molecule has 0 amide bonds. The molecule has 6 heteroatoms. The van der Waals surface area contributed by atoms with E-state index in [2.05, 4.69) is 39.3 Å². The first kappa shape index (κ1) is 16.1. The smallest absolute Gasteiger partial charge is 0.247 e. The Hall–Kier alpha value is -2.24. The monoisotopic (exact) mass is 300 g/mol. The number of pyridine rings is 1. The van der Waals surface area contributed by atoms with E-state index < -0.39 is 0 Å². The third-order valence-corrected chi connectivity index (χ3v) is 3.40. The minimum Gasteiger partial charge on any atom is -0.369 e. The van der Waals surface area contributed by atoms with Crippen LogP contribution in [0.1, 0.15) is 25.8 Å². The molecule has 1 N–H and O–H groups in total. The van der Waals surface area contributed by atoms with Crippen molar-refractivity contribution in [2.75, 3.05) is 30.4 Å². The number of hydrogen-bond donors (Lipinski definition) is 1. The topological polar surface area (TPSA) is 66.8 Å². The predicted octanol–water partition coefficient (Wildman–Crippen LogP) is 2.40. The van der Waals surface area contributed by atoms with Gasteiger partial charge in [-0.25, -0.2) is 0 Å². The molecule has 0 saturated heterocycles. The fourth-order valence-corrected chi connectivity index (χ4v) is 1.98. The standard InChI is InChI=1S/C16H24N6/c1-13(2)4-10-18-15-12-19-21-16(20-15)22(3)11-7-14-5-8-17-9-6-14/h5-6,8-9,12-13H,4,7,10-11H2,1-3H3,(H,18,20,21). The van der Waals surface area contributed by atoms with Crippen LogP contribution < -0.4 is 10.2 Å². The van der Waals surface area contributed by atoms with Gasteiger partial charge in [-0.2, -0.15) is 10.1 Å². The molecule has 118 valence electrons. The number of nitrogens with zero attached hydrogens (tertiary/aromatic N) is 5. The Morgan fingerprint density at radius 1 is 1.23 bits per heavy atom. The molecule has 0 radical (unpaired) electrons. The van der Waals surface area contributed by atoms with Crippen LogP contribution in [-0.4, -0.2) is 40.3 Å². The third-order valence-electron chi connectivity index (χ3n) is 3.40. The van der Waals surface area contributed by atoms with Crippen molar-refractivity contribution in [2.45, 2.75) is 26.7 Å². The fraction of sp³-hybridized carbons (Fsp3) is 0.500. The average Bonchev–Trinajstić information content (AvgIpc) is 2.53. The van der Waals surface area contributed by atoms with Gasteiger partial charge in [0, 0.05) is 32.5 Å². The summed E-state index contributed by atoms with van der Waals surface area (Å²) in [4.78, 5) is 10.6. The van der Waals surface area contributed by atoms with Gasteiger partial charge in [0.05, 0.1) is 6.20 Å². The highest BCUT2D eigenvalue weighted by atomic mass is 15.3. The van der Waals surface area contributed by atoms with Crippen molar-refractivity contribution in [1.29, 1.82) is 0 Å². The van der Waals surface area contributed by atoms with Crippen LogP contribution in [0.3, 0.4) is 0 Å². The normalized spacial score (nSPS) is 10.7. The zero-order chi connectivity index (χ0) is 15.8. The molecule has 0 fully saturated rings. The summed E-state index contributed by atoms with van der Waals surface area (Å²) in [5.41, 5.74) is 1.25. The molecule has 2 rings (SSSR count). The Morgan fingerprint density at radius 3 is 2.73 bits per heavy atom. The summed E-state index contributed by atoms with van der Waals surface area (Å²) in [6, 6.07) is 4.05. The molecule has 6 nitrogen and oxygen atoms in total. The minimum atomic E-state index is 0.642. The van der Waals surface area contributed by atoms with Crippen molar-refractivity contribution < 1.29 is 0 Å². The van der Waals surface area contributed by atoms with Gasteiger partial charge in [0.1, 0.15) is 0 Å². The fourth-order valence-electron chi connectivity index (χ4n) is 1.98. The average molecular weight is 300 g/mol. The summed E-state index contributed by atoms with van der Waals surface area (Å²) in [5.74, 6) is 2.09. The van der Waals surface area contributed by atoms with Crippen molar-refractivity contribution >= 4 is 11.8 Å². The van der Waals surface area contributed by atoms with Gasteiger partial charge in [0.25, 0.3) is 0 Å².